The lowest BCUT2D eigenvalue weighted by molar-refractivity contribution is -0.122. The van der Waals surface area contributed by atoms with E-state index in [1.54, 1.807) is 42.7 Å². The monoisotopic (exact) mass is 436 g/mol. The average Bonchev–Trinajstić information content (AvgIpc) is 3.00. The van der Waals surface area contributed by atoms with Crippen LogP contribution in [0.4, 0.5) is 5.69 Å². The first-order chi connectivity index (χ1) is 14.4. The van der Waals surface area contributed by atoms with Gasteiger partial charge in [0.05, 0.1) is 5.69 Å². The lowest BCUT2D eigenvalue weighted by atomic mass is 10.1. The number of hydrogen-bond donors (Lipinski definition) is 1. The van der Waals surface area contributed by atoms with E-state index in [0.29, 0.717) is 10.7 Å². The lowest BCUT2D eigenvalue weighted by Crippen LogP contribution is -2.54. The highest BCUT2D eigenvalue weighted by molar-refractivity contribution is 7.80. The summed E-state index contributed by atoms with van der Waals surface area (Å²) in [7, 11) is 0. The first kappa shape index (κ1) is 20.0. The van der Waals surface area contributed by atoms with Gasteiger partial charge in [-0.15, -0.1) is 0 Å². The molecule has 6 nitrogen and oxygen atoms in total. The van der Waals surface area contributed by atoms with Crippen LogP contribution in [0.25, 0.3) is 11.8 Å². The predicted octanol–water partition coefficient (Wildman–Crippen LogP) is 3.97. The zero-order chi connectivity index (χ0) is 21.4. The van der Waals surface area contributed by atoms with Gasteiger partial charge in [-0.2, -0.15) is 0 Å². The van der Waals surface area contributed by atoms with Crippen LogP contribution in [0.2, 0.25) is 5.02 Å². The molecule has 0 spiro atoms. The summed E-state index contributed by atoms with van der Waals surface area (Å²) in [6.45, 7) is 3.90. The molecule has 0 saturated carbocycles. The van der Waals surface area contributed by atoms with Crippen molar-refractivity contribution in [1.29, 1.82) is 0 Å². The third-order valence-electron chi connectivity index (χ3n) is 4.88. The van der Waals surface area contributed by atoms with Crippen molar-refractivity contribution in [1.82, 2.24) is 14.9 Å². The number of aryl methyl sites for hydroxylation is 1. The van der Waals surface area contributed by atoms with Gasteiger partial charge >= 0.3 is 0 Å². The summed E-state index contributed by atoms with van der Waals surface area (Å²) in [5.41, 5.74) is 4.13. The molecular formula is C22H17ClN4O2S. The fourth-order valence-electron chi connectivity index (χ4n) is 3.46. The Labute approximate surface area is 183 Å². The maximum absolute atomic E-state index is 13.2. The number of rotatable bonds is 3. The fraction of sp³-hybridized carbons (Fsp3) is 0.0909. The van der Waals surface area contributed by atoms with Crippen molar-refractivity contribution >= 4 is 52.5 Å². The van der Waals surface area contributed by atoms with Crippen LogP contribution in [-0.2, 0) is 9.59 Å². The number of carbonyl (C=O) groups excluding carboxylic acids is 2. The number of hydrogen-bond acceptors (Lipinski definition) is 4. The van der Waals surface area contributed by atoms with Crippen LogP contribution in [0.3, 0.4) is 0 Å². The van der Waals surface area contributed by atoms with Crippen molar-refractivity contribution in [2.24, 2.45) is 0 Å². The molecule has 0 aliphatic carbocycles. The maximum Gasteiger partial charge on any atom is 0.270 e. The first-order valence-corrected chi connectivity index (χ1v) is 9.92. The van der Waals surface area contributed by atoms with E-state index in [9.17, 15) is 9.59 Å². The smallest absolute Gasteiger partial charge is 0.270 e. The molecule has 3 heterocycles. The van der Waals surface area contributed by atoms with E-state index < -0.39 is 11.8 Å². The molecule has 1 aliphatic heterocycles. The predicted molar refractivity (Wildman–Crippen MR) is 121 cm³/mol. The third kappa shape index (κ3) is 3.53. The molecule has 2 aromatic heterocycles. The summed E-state index contributed by atoms with van der Waals surface area (Å²) >= 11 is 11.2. The van der Waals surface area contributed by atoms with Gasteiger partial charge in [0, 0.05) is 34.5 Å². The van der Waals surface area contributed by atoms with Crippen LogP contribution in [-0.4, -0.2) is 26.5 Å². The molecule has 1 saturated heterocycles. The Bertz CT molecular complexity index is 1200. The second kappa shape index (κ2) is 7.85. The lowest BCUT2D eigenvalue weighted by Gasteiger charge is -2.28. The Hall–Kier alpha value is -3.29. The van der Waals surface area contributed by atoms with Gasteiger partial charge in [-0.05, 0) is 80.2 Å². The van der Waals surface area contributed by atoms with Crippen LogP contribution in [0.15, 0.2) is 60.4 Å². The van der Waals surface area contributed by atoms with Crippen molar-refractivity contribution in [3.05, 3.63) is 82.4 Å². The highest BCUT2D eigenvalue weighted by atomic mass is 35.5. The standard InChI is InChI=1S/C22H17ClN4O2S/c1-13-11-15(14(2)26(13)18-7-9-24-10-8-18)12-19-20(28)25-22(30)27(21(19)29)17-5-3-16(23)4-6-17/h3-12H,1-2H3,(H,25,28,30)/b19-12+. The van der Waals surface area contributed by atoms with E-state index >= 15 is 0 Å². The highest BCUT2D eigenvalue weighted by Gasteiger charge is 2.34. The quantitative estimate of drug-likeness (QED) is 0.383. The van der Waals surface area contributed by atoms with E-state index in [4.69, 9.17) is 23.8 Å². The SMILES string of the molecule is Cc1cc(/C=C2\C(=O)NC(=S)N(c3ccc(Cl)cc3)C2=O)c(C)n1-c1ccncc1. The van der Waals surface area contributed by atoms with Gasteiger partial charge in [0.15, 0.2) is 5.11 Å². The average molecular weight is 437 g/mol. The number of amides is 2. The van der Waals surface area contributed by atoms with Gasteiger partial charge in [-0.1, -0.05) is 11.6 Å². The molecule has 1 aromatic carbocycles. The van der Waals surface area contributed by atoms with Gasteiger partial charge in [0.25, 0.3) is 11.8 Å². The number of thiocarbonyl (C=S) groups is 1. The molecule has 0 unspecified atom stereocenters. The Balaban J connectivity index is 1.76. The molecule has 8 heteroatoms. The minimum absolute atomic E-state index is 0.00790. The van der Waals surface area contributed by atoms with Gasteiger partial charge in [0.1, 0.15) is 5.57 Å². The number of benzene rings is 1. The molecule has 1 fully saturated rings. The molecule has 1 N–H and O–H groups in total. The normalized spacial score (nSPS) is 15.6. The van der Waals surface area contributed by atoms with Gasteiger partial charge in [-0.25, -0.2) is 0 Å². The van der Waals surface area contributed by atoms with Crippen molar-refractivity contribution in [2.45, 2.75) is 13.8 Å². The summed E-state index contributed by atoms with van der Waals surface area (Å²) in [6, 6.07) is 12.4. The molecular weight excluding hydrogens is 420 g/mol. The van der Waals surface area contributed by atoms with Gasteiger partial charge in [-0.3, -0.25) is 24.8 Å². The number of anilines is 1. The summed E-state index contributed by atoms with van der Waals surface area (Å²) in [5.74, 6) is -1.01. The van der Waals surface area contributed by atoms with E-state index in [2.05, 4.69) is 10.3 Å². The molecule has 30 heavy (non-hydrogen) atoms. The van der Waals surface area contributed by atoms with E-state index in [0.717, 1.165) is 22.6 Å². The number of aromatic nitrogens is 2. The van der Waals surface area contributed by atoms with Crippen LogP contribution < -0.4 is 10.2 Å². The van der Waals surface area contributed by atoms with Crippen molar-refractivity contribution < 1.29 is 9.59 Å². The zero-order valence-corrected chi connectivity index (χ0v) is 17.8. The summed E-state index contributed by atoms with van der Waals surface area (Å²) in [5, 5.41) is 3.17. The summed E-state index contributed by atoms with van der Waals surface area (Å²) < 4.78 is 2.04. The van der Waals surface area contributed by atoms with E-state index in [1.165, 1.54) is 4.90 Å². The Morgan fingerprint density at radius 3 is 2.37 bits per heavy atom. The Morgan fingerprint density at radius 2 is 1.70 bits per heavy atom. The number of carbonyl (C=O) groups is 2. The van der Waals surface area contributed by atoms with Crippen molar-refractivity contribution in [2.75, 3.05) is 4.90 Å². The van der Waals surface area contributed by atoms with E-state index in [-0.39, 0.29) is 10.7 Å². The molecule has 150 valence electrons. The molecule has 0 bridgehead atoms. The Kier molecular flexibility index (Phi) is 5.24. The maximum atomic E-state index is 13.2. The molecule has 3 aromatic rings. The van der Waals surface area contributed by atoms with Crippen molar-refractivity contribution in [3.8, 4) is 5.69 Å². The van der Waals surface area contributed by atoms with Crippen LogP contribution in [0.5, 0.6) is 0 Å². The number of pyridine rings is 1. The Morgan fingerprint density at radius 1 is 1.03 bits per heavy atom. The second-order valence-electron chi connectivity index (χ2n) is 6.80. The molecule has 0 atom stereocenters. The van der Waals surface area contributed by atoms with Gasteiger partial charge in [0.2, 0.25) is 0 Å². The molecule has 4 rings (SSSR count). The minimum Gasteiger partial charge on any atom is -0.318 e. The zero-order valence-electron chi connectivity index (χ0n) is 16.2. The fourth-order valence-corrected chi connectivity index (χ4v) is 3.87. The molecule has 2 amide bonds. The molecule has 1 aliphatic rings. The van der Waals surface area contributed by atoms with Crippen LogP contribution in [0, 0.1) is 13.8 Å². The van der Waals surface area contributed by atoms with Crippen LogP contribution in [0.1, 0.15) is 17.0 Å². The van der Waals surface area contributed by atoms with Crippen molar-refractivity contribution in [3.63, 3.8) is 0 Å². The summed E-state index contributed by atoms with van der Waals surface area (Å²) in [6.07, 6.45) is 5.03. The highest BCUT2D eigenvalue weighted by Crippen LogP contribution is 2.26. The van der Waals surface area contributed by atoms with Gasteiger partial charge < -0.3 is 4.57 Å². The first-order valence-electron chi connectivity index (χ1n) is 9.13. The number of nitrogens with one attached hydrogen (secondary N) is 1. The van der Waals surface area contributed by atoms with Crippen LogP contribution >= 0.6 is 23.8 Å². The second-order valence-corrected chi connectivity index (χ2v) is 7.62. The number of halogens is 1. The molecule has 0 radical (unpaired) electrons. The summed E-state index contributed by atoms with van der Waals surface area (Å²) in [4.78, 5) is 31.1. The third-order valence-corrected chi connectivity index (χ3v) is 5.41. The van der Waals surface area contributed by atoms with E-state index in [1.807, 2.05) is 36.6 Å². The number of nitrogens with zero attached hydrogens (tertiary/aromatic N) is 3. The topological polar surface area (TPSA) is 67.2 Å². The minimum atomic E-state index is -0.524. The largest absolute Gasteiger partial charge is 0.318 e.